The first-order valence-corrected chi connectivity index (χ1v) is 10.6. The molecule has 4 N–H and O–H groups in total. The number of rotatable bonds is 10. The van der Waals surface area contributed by atoms with Crippen molar-refractivity contribution in [2.45, 2.75) is 0 Å². The predicted molar refractivity (Wildman–Crippen MR) is 79.1 cm³/mol. The van der Waals surface area contributed by atoms with Crippen LogP contribution in [0.5, 0.6) is 0 Å². The van der Waals surface area contributed by atoms with Crippen LogP contribution in [0.3, 0.4) is 0 Å². The van der Waals surface area contributed by atoms with Crippen LogP contribution in [0.2, 0.25) is 0 Å². The maximum Gasteiger partial charge on any atom is 0.373 e. The number of hydrogen-bond acceptors (Lipinski definition) is 4. The number of halogens is 5. The number of hydrogen-bond donors (Lipinski definition) is 4. The van der Waals surface area contributed by atoms with Gasteiger partial charge in [0.15, 0.2) is 0 Å². The van der Waals surface area contributed by atoms with Crippen molar-refractivity contribution in [3.05, 3.63) is 30.3 Å². The molecule has 0 heterocycles. The molecule has 1 aromatic carbocycles. The summed E-state index contributed by atoms with van der Waals surface area (Å²) in [6.45, 7) is 0. The van der Waals surface area contributed by atoms with Gasteiger partial charge in [-0.1, -0.05) is 34.1 Å². The first kappa shape index (κ1) is 20.7. The van der Waals surface area contributed by atoms with Gasteiger partial charge in [-0.25, -0.2) is 0 Å². The Bertz CT molecular complexity index is 582. The fourth-order valence-electron chi connectivity index (χ4n) is 1.00. The van der Waals surface area contributed by atoms with Crippen LogP contribution in [-0.4, -0.2) is 8.60 Å². The summed E-state index contributed by atoms with van der Waals surface area (Å²) in [6, 6.07) is 7.23. The Labute approximate surface area is 134 Å². The molecule has 0 aliphatic heterocycles. The van der Waals surface area contributed by atoms with Crippen LogP contribution in [0, 0.1) is 0 Å². The van der Waals surface area contributed by atoms with E-state index < -0.39 is 34.8 Å². The maximum absolute atomic E-state index is 13.7. The molecule has 132 valence electrons. The minimum Gasteiger partial charge on any atom is -0.309 e. The van der Waals surface area contributed by atoms with E-state index in [2.05, 4.69) is 0 Å². The molecule has 1 atom stereocenters. The Morgan fingerprint density at radius 1 is 0.826 bits per heavy atom. The van der Waals surface area contributed by atoms with Gasteiger partial charge in [-0.2, -0.15) is 0 Å². The molecule has 8 nitrogen and oxygen atoms in total. The van der Waals surface area contributed by atoms with E-state index in [1.807, 2.05) is 5.09 Å². The van der Waals surface area contributed by atoms with E-state index in [1.165, 1.54) is 24.3 Å². The van der Waals surface area contributed by atoms with Gasteiger partial charge in [-0.05, 0) is 12.1 Å². The molecule has 0 saturated heterocycles. The van der Waals surface area contributed by atoms with E-state index in [4.69, 9.17) is 0 Å². The number of nitrogens with one attached hydrogen (secondary N) is 4. The minimum absolute atomic E-state index is 0.0628. The number of anilines is 1. The minimum atomic E-state index is -5.10. The molecule has 0 fully saturated rings. The average Bonchev–Trinajstić information content (AvgIpc) is 2.59. The molecule has 0 spiro atoms. The van der Waals surface area contributed by atoms with Crippen molar-refractivity contribution < 1.29 is 31.5 Å². The second-order valence-corrected chi connectivity index (χ2v) is 9.60. The highest BCUT2D eigenvalue weighted by Crippen LogP contribution is 2.57. The van der Waals surface area contributed by atoms with Gasteiger partial charge < -0.3 is 5.09 Å². The topological polar surface area (TPSA) is 88.7 Å². The summed E-state index contributed by atoms with van der Waals surface area (Å²) >= 11 is 0. The molecule has 0 saturated carbocycles. The molecule has 0 amide bonds. The normalized spacial score (nSPS) is 14.9. The molecule has 0 aliphatic carbocycles. The first-order chi connectivity index (χ1) is 10.8. The van der Waals surface area contributed by atoms with E-state index >= 15 is 0 Å². The number of para-hydroxylation sites is 1. The molecule has 23 heavy (non-hydrogen) atoms. The second-order valence-electron chi connectivity index (χ2n) is 3.48. The Hall–Kier alpha value is -0.370. The van der Waals surface area contributed by atoms with Gasteiger partial charge in [0.1, 0.15) is 0 Å². The van der Waals surface area contributed by atoms with Crippen LogP contribution in [0.25, 0.3) is 0 Å². The Kier molecular flexibility index (Phi) is 8.27. The SMILES string of the molecule is O=P(NF)(NF)N(F)SSN(F)P(=O)(NF)Nc1ccccc1. The van der Waals surface area contributed by atoms with Crippen molar-refractivity contribution >= 4 is 42.8 Å². The summed E-state index contributed by atoms with van der Waals surface area (Å²) in [6.07, 6.45) is 0. The second kappa shape index (κ2) is 9.20. The summed E-state index contributed by atoms with van der Waals surface area (Å²) in [5.74, 6) is 0. The van der Waals surface area contributed by atoms with Crippen LogP contribution in [0.1, 0.15) is 0 Å². The Balaban J connectivity index is 2.72. The van der Waals surface area contributed by atoms with Crippen molar-refractivity contribution in [2.24, 2.45) is 0 Å². The van der Waals surface area contributed by atoms with Gasteiger partial charge in [0, 0.05) is 14.3 Å². The predicted octanol–water partition coefficient (Wildman–Crippen LogP) is 4.32. The van der Waals surface area contributed by atoms with Crippen LogP contribution in [0.4, 0.5) is 28.1 Å². The lowest BCUT2D eigenvalue weighted by Crippen LogP contribution is -2.20. The van der Waals surface area contributed by atoms with Crippen LogP contribution in [0.15, 0.2) is 30.3 Å². The standard InChI is InChI=1S/C6H9F5N6O2P2S2/c7-13-20(18,12-6-4-2-1-3-5-6)16(10)22-23-17(11)21(19,14-8)15-9/h1-5H,(H2,12,13,18)(H2,14,15,19). The van der Waals surface area contributed by atoms with E-state index in [0.29, 0.717) is 15.9 Å². The van der Waals surface area contributed by atoms with E-state index in [1.54, 1.807) is 6.07 Å². The summed E-state index contributed by atoms with van der Waals surface area (Å²) < 4.78 is 85.0. The van der Waals surface area contributed by atoms with Gasteiger partial charge in [0.25, 0.3) is 0 Å². The molecule has 1 aromatic rings. The van der Waals surface area contributed by atoms with Crippen LogP contribution in [-0.2, 0) is 9.13 Å². The molecule has 0 radical (unpaired) electrons. The highest BCUT2D eigenvalue weighted by Gasteiger charge is 2.38. The monoisotopic (exact) mass is 418 g/mol. The Morgan fingerprint density at radius 3 is 1.70 bits per heavy atom. The first-order valence-electron chi connectivity index (χ1n) is 5.26. The zero-order chi connectivity index (χ0) is 17.5. The van der Waals surface area contributed by atoms with Gasteiger partial charge in [0.05, 0.1) is 22.0 Å². The quantitative estimate of drug-likeness (QED) is 0.145. The molecule has 0 bridgehead atoms. The lowest BCUT2D eigenvalue weighted by Gasteiger charge is -2.22. The zero-order valence-electron chi connectivity index (χ0n) is 10.7. The van der Waals surface area contributed by atoms with Crippen LogP contribution < -0.4 is 21.0 Å². The van der Waals surface area contributed by atoms with Crippen molar-refractivity contribution in [2.75, 3.05) is 5.09 Å². The Morgan fingerprint density at radius 2 is 1.26 bits per heavy atom. The van der Waals surface area contributed by atoms with Crippen molar-refractivity contribution in [3.8, 4) is 0 Å². The summed E-state index contributed by atoms with van der Waals surface area (Å²) in [7, 11) is -10.7. The third-order valence-corrected chi connectivity index (χ3v) is 7.96. The number of nitrogens with zero attached hydrogens (tertiary/aromatic N) is 2. The zero-order valence-corrected chi connectivity index (χ0v) is 14.1. The molecule has 1 unspecified atom stereocenters. The largest absolute Gasteiger partial charge is 0.373 e. The lowest BCUT2D eigenvalue weighted by molar-refractivity contribution is 0.232. The third-order valence-electron chi connectivity index (χ3n) is 2.00. The summed E-state index contributed by atoms with van der Waals surface area (Å²) in [4.78, 5) is 0. The maximum atomic E-state index is 13.7. The molecule has 17 heteroatoms. The van der Waals surface area contributed by atoms with Crippen LogP contribution >= 0.6 is 37.1 Å². The molecular formula is C6H9F5N6O2P2S2. The van der Waals surface area contributed by atoms with Crippen molar-refractivity contribution in [1.82, 2.24) is 24.5 Å². The smallest absolute Gasteiger partial charge is 0.309 e. The van der Waals surface area contributed by atoms with Crippen molar-refractivity contribution in [3.63, 3.8) is 0 Å². The molecule has 1 rings (SSSR count). The van der Waals surface area contributed by atoms with Gasteiger partial charge >= 0.3 is 15.2 Å². The number of benzene rings is 1. The third kappa shape index (κ3) is 5.59. The summed E-state index contributed by atoms with van der Waals surface area (Å²) in [5.41, 5.74) is 0.0628. The highest BCUT2D eigenvalue weighted by molar-refractivity contribution is 8.76. The van der Waals surface area contributed by atoms with Gasteiger partial charge in [-0.3, -0.25) is 9.13 Å². The summed E-state index contributed by atoms with van der Waals surface area (Å²) in [5, 5.41) is 3.31. The van der Waals surface area contributed by atoms with E-state index in [9.17, 15) is 31.5 Å². The van der Waals surface area contributed by atoms with E-state index in [0.717, 1.165) is 0 Å². The molecule has 0 aromatic heterocycles. The van der Waals surface area contributed by atoms with Gasteiger partial charge in [0.2, 0.25) is 0 Å². The fourth-order valence-corrected chi connectivity index (χ4v) is 5.65. The molecule has 0 aliphatic rings. The molecular weight excluding hydrogens is 409 g/mol. The highest BCUT2D eigenvalue weighted by atomic mass is 33.1. The average molecular weight is 418 g/mol. The fraction of sp³-hybridized carbons (Fsp3) is 0. The van der Waals surface area contributed by atoms with Gasteiger partial charge in [-0.15, -0.1) is 22.4 Å². The lowest BCUT2D eigenvalue weighted by atomic mass is 10.3. The van der Waals surface area contributed by atoms with Crippen molar-refractivity contribution in [1.29, 1.82) is 0 Å². The van der Waals surface area contributed by atoms with E-state index in [-0.39, 0.29) is 16.7 Å².